The highest BCUT2D eigenvalue weighted by atomic mass is 79.9. The van der Waals surface area contributed by atoms with Crippen LogP contribution in [-0.2, 0) is 6.54 Å². The second-order valence-corrected chi connectivity index (χ2v) is 7.73. The van der Waals surface area contributed by atoms with Crippen LogP contribution in [0.25, 0.3) is 11.5 Å². The topological polar surface area (TPSA) is 80.5 Å². The van der Waals surface area contributed by atoms with Crippen LogP contribution in [0.15, 0.2) is 51.5 Å². The second-order valence-electron chi connectivity index (χ2n) is 6.38. The van der Waals surface area contributed by atoms with Gasteiger partial charge in [-0.15, -0.1) is 0 Å². The van der Waals surface area contributed by atoms with E-state index in [1.807, 2.05) is 24.3 Å². The number of amides is 2. The molecule has 0 aliphatic carbocycles. The standard InChI is InChI=1S/C20H19BrClFN4O3/c1-27(9-2-10-29-15-6-3-13(21)4-7-15)20(28)24-12-18-25-19(30-26-18)16-8-5-14(22)11-17(16)23/h3-8,11H,2,9-10,12H2,1H3,(H,24,28). The lowest BCUT2D eigenvalue weighted by atomic mass is 10.2. The number of nitrogens with zero attached hydrogens (tertiary/aromatic N) is 3. The molecule has 0 aliphatic rings. The van der Waals surface area contributed by atoms with E-state index in [1.165, 1.54) is 17.0 Å². The lowest BCUT2D eigenvalue weighted by molar-refractivity contribution is 0.202. The molecule has 3 rings (SSSR count). The zero-order valence-corrected chi connectivity index (χ0v) is 18.4. The molecule has 2 amide bonds. The smallest absolute Gasteiger partial charge is 0.317 e. The summed E-state index contributed by atoms with van der Waals surface area (Å²) in [5, 5.41) is 6.73. The molecule has 0 unspecified atom stereocenters. The predicted molar refractivity (Wildman–Crippen MR) is 114 cm³/mol. The lowest BCUT2D eigenvalue weighted by Gasteiger charge is -2.17. The van der Waals surface area contributed by atoms with Crippen molar-refractivity contribution in [3.8, 4) is 17.2 Å². The Morgan fingerprint density at radius 3 is 2.80 bits per heavy atom. The summed E-state index contributed by atoms with van der Waals surface area (Å²) in [6.07, 6.45) is 0.669. The summed E-state index contributed by atoms with van der Waals surface area (Å²) in [5.41, 5.74) is 0.146. The SMILES string of the molecule is CN(CCCOc1ccc(Br)cc1)C(=O)NCc1noc(-c2ccc(Cl)cc2F)n1. The number of halogens is 3. The average Bonchev–Trinajstić information content (AvgIpc) is 3.19. The van der Waals surface area contributed by atoms with Crippen molar-refractivity contribution >= 4 is 33.6 Å². The number of benzene rings is 2. The van der Waals surface area contributed by atoms with E-state index >= 15 is 0 Å². The minimum atomic E-state index is -0.563. The number of carbonyl (C=O) groups is 1. The molecule has 1 N–H and O–H groups in total. The molecule has 158 valence electrons. The maximum absolute atomic E-state index is 13.9. The van der Waals surface area contributed by atoms with Crippen molar-refractivity contribution in [2.75, 3.05) is 20.2 Å². The Bertz CT molecular complexity index is 1000. The monoisotopic (exact) mass is 496 g/mol. The van der Waals surface area contributed by atoms with E-state index in [2.05, 4.69) is 31.4 Å². The minimum absolute atomic E-state index is 0.0202. The van der Waals surface area contributed by atoms with Crippen molar-refractivity contribution < 1.29 is 18.4 Å². The third-order valence-corrected chi connectivity index (χ3v) is 4.86. The van der Waals surface area contributed by atoms with E-state index in [0.29, 0.717) is 19.6 Å². The highest BCUT2D eigenvalue weighted by Gasteiger charge is 2.15. The van der Waals surface area contributed by atoms with Crippen LogP contribution in [0, 0.1) is 5.82 Å². The van der Waals surface area contributed by atoms with Gasteiger partial charge in [0.1, 0.15) is 11.6 Å². The van der Waals surface area contributed by atoms with E-state index in [-0.39, 0.29) is 34.9 Å². The van der Waals surface area contributed by atoms with Crippen LogP contribution >= 0.6 is 27.5 Å². The Balaban J connectivity index is 1.41. The van der Waals surface area contributed by atoms with Gasteiger partial charge in [-0.2, -0.15) is 4.98 Å². The lowest BCUT2D eigenvalue weighted by Crippen LogP contribution is -2.38. The summed E-state index contributed by atoms with van der Waals surface area (Å²) in [6, 6.07) is 11.4. The molecule has 0 bridgehead atoms. The Morgan fingerprint density at radius 1 is 1.30 bits per heavy atom. The van der Waals surface area contributed by atoms with Crippen LogP contribution < -0.4 is 10.1 Å². The van der Waals surface area contributed by atoms with Crippen molar-refractivity contribution in [3.63, 3.8) is 0 Å². The maximum Gasteiger partial charge on any atom is 0.317 e. The van der Waals surface area contributed by atoms with Gasteiger partial charge in [0, 0.05) is 23.1 Å². The molecule has 0 radical (unpaired) electrons. The summed E-state index contributed by atoms with van der Waals surface area (Å²) in [5.74, 6) is 0.466. The third kappa shape index (κ3) is 6.17. The van der Waals surface area contributed by atoms with Crippen molar-refractivity contribution in [2.24, 2.45) is 0 Å². The first-order valence-electron chi connectivity index (χ1n) is 9.07. The molecule has 2 aromatic carbocycles. The van der Waals surface area contributed by atoms with E-state index in [0.717, 1.165) is 16.3 Å². The van der Waals surface area contributed by atoms with Gasteiger partial charge in [0.2, 0.25) is 0 Å². The zero-order chi connectivity index (χ0) is 21.5. The van der Waals surface area contributed by atoms with Crippen LogP contribution in [0.5, 0.6) is 5.75 Å². The first-order valence-corrected chi connectivity index (χ1v) is 10.2. The van der Waals surface area contributed by atoms with E-state index < -0.39 is 5.82 Å². The van der Waals surface area contributed by atoms with Crippen LogP contribution in [-0.4, -0.2) is 41.3 Å². The van der Waals surface area contributed by atoms with Gasteiger partial charge in [0.15, 0.2) is 5.82 Å². The summed E-state index contributed by atoms with van der Waals surface area (Å²) in [4.78, 5) is 17.8. The summed E-state index contributed by atoms with van der Waals surface area (Å²) < 4.78 is 25.6. The van der Waals surface area contributed by atoms with E-state index in [9.17, 15) is 9.18 Å². The number of aromatic nitrogens is 2. The minimum Gasteiger partial charge on any atom is -0.494 e. The fourth-order valence-corrected chi connectivity index (χ4v) is 2.93. The fraction of sp³-hybridized carbons (Fsp3) is 0.250. The fourth-order valence-electron chi connectivity index (χ4n) is 2.51. The first-order chi connectivity index (χ1) is 14.4. The summed E-state index contributed by atoms with van der Waals surface area (Å²) >= 11 is 9.11. The molecule has 0 saturated heterocycles. The van der Waals surface area contributed by atoms with Crippen LogP contribution in [0.3, 0.4) is 0 Å². The summed E-state index contributed by atoms with van der Waals surface area (Å²) in [6.45, 7) is 1.05. The Hall–Kier alpha value is -2.65. The zero-order valence-electron chi connectivity index (χ0n) is 16.1. The first kappa shape index (κ1) is 22.0. The Labute approximate surface area is 186 Å². The number of nitrogens with one attached hydrogen (secondary N) is 1. The molecule has 1 heterocycles. The van der Waals surface area contributed by atoms with Gasteiger partial charge in [-0.3, -0.25) is 0 Å². The molecule has 0 atom stereocenters. The van der Waals surface area contributed by atoms with Gasteiger partial charge < -0.3 is 19.5 Å². The summed E-state index contributed by atoms with van der Waals surface area (Å²) in [7, 11) is 1.68. The van der Waals surface area contributed by atoms with Gasteiger partial charge in [-0.25, -0.2) is 9.18 Å². The maximum atomic E-state index is 13.9. The van der Waals surface area contributed by atoms with Gasteiger partial charge >= 0.3 is 6.03 Å². The van der Waals surface area contributed by atoms with Crippen molar-refractivity contribution in [3.05, 3.63) is 63.6 Å². The molecule has 0 saturated carbocycles. The molecule has 0 fully saturated rings. The molecule has 0 aliphatic heterocycles. The van der Waals surface area contributed by atoms with Crippen molar-refractivity contribution in [2.45, 2.75) is 13.0 Å². The normalized spacial score (nSPS) is 10.7. The van der Waals surface area contributed by atoms with Gasteiger partial charge in [0.25, 0.3) is 5.89 Å². The highest BCUT2D eigenvalue weighted by Crippen LogP contribution is 2.23. The number of hydrogen-bond donors (Lipinski definition) is 1. The third-order valence-electron chi connectivity index (χ3n) is 4.09. The molecule has 1 aromatic heterocycles. The van der Waals surface area contributed by atoms with E-state index in [1.54, 1.807) is 7.05 Å². The van der Waals surface area contributed by atoms with E-state index in [4.69, 9.17) is 20.9 Å². The average molecular weight is 498 g/mol. The van der Waals surface area contributed by atoms with Gasteiger partial charge in [0.05, 0.1) is 18.7 Å². The molecule has 7 nitrogen and oxygen atoms in total. The van der Waals surface area contributed by atoms with Crippen molar-refractivity contribution in [1.29, 1.82) is 0 Å². The second kappa shape index (κ2) is 10.4. The highest BCUT2D eigenvalue weighted by molar-refractivity contribution is 9.10. The molecular weight excluding hydrogens is 479 g/mol. The number of ether oxygens (including phenoxy) is 1. The molecule has 10 heteroatoms. The Morgan fingerprint density at radius 2 is 2.07 bits per heavy atom. The number of urea groups is 1. The molecule has 30 heavy (non-hydrogen) atoms. The van der Waals surface area contributed by atoms with Crippen LogP contribution in [0.1, 0.15) is 12.2 Å². The number of rotatable bonds is 8. The predicted octanol–water partition coefficient (Wildman–Crippen LogP) is 4.90. The number of carbonyl (C=O) groups excluding carboxylic acids is 1. The molecule has 3 aromatic rings. The van der Waals surface area contributed by atoms with Crippen LogP contribution in [0.4, 0.5) is 9.18 Å². The van der Waals surface area contributed by atoms with Gasteiger partial charge in [-0.1, -0.05) is 32.7 Å². The number of hydrogen-bond acceptors (Lipinski definition) is 5. The van der Waals surface area contributed by atoms with Crippen molar-refractivity contribution in [1.82, 2.24) is 20.4 Å². The molecular formula is C20H19BrClFN4O3. The van der Waals surface area contributed by atoms with Crippen LogP contribution in [0.2, 0.25) is 5.02 Å². The molecule has 0 spiro atoms. The quantitative estimate of drug-likeness (QED) is 0.448. The van der Waals surface area contributed by atoms with Gasteiger partial charge in [-0.05, 0) is 48.9 Å². The Kier molecular flexibility index (Phi) is 7.64. The largest absolute Gasteiger partial charge is 0.494 e.